The van der Waals surface area contributed by atoms with E-state index in [1.807, 2.05) is 0 Å². The molecule has 1 aromatic carbocycles. The predicted molar refractivity (Wildman–Crippen MR) is 47.1 cm³/mol. The molecule has 0 radical (unpaired) electrons. The minimum absolute atomic E-state index is 0.230. The summed E-state index contributed by atoms with van der Waals surface area (Å²) in [7, 11) is 10.1. The summed E-state index contributed by atoms with van der Waals surface area (Å²) in [4.78, 5) is 0.858. The molecule has 0 bridgehead atoms. The number of hydrogen-bond acceptors (Lipinski definition) is 1. The van der Waals surface area contributed by atoms with Crippen LogP contribution in [-0.4, -0.2) is 5.11 Å². The van der Waals surface area contributed by atoms with Crippen LogP contribution in [0.25, 0.3) is 0 Å². The second kappa shape index (κ2) is 3.37. The van der Waals surface area contributed by atoms with Gasteiger partial charge in [0.05, 0.1) is 0 Å². The van der Waals surface area contributed by atoms with Crippen molar-refractivity contribution in [2.24, 2.45) is 0 Å². The molecule has 0 unspecified atom stereocenters. The smallest absolute Gasteiger partial charge is 0.115 e. The van der Waals surface area contributed by atoms with Crippen LogP contribution >= 0.6 is 30.7 Å². The molecule has 1 aromatic rings. The lowest BCUT2D eigenvalue weighted by molar-refractivity contribution is 0.475. The monoisotopic (exact) mass is 196 g/mol. The molecule has 0 aliphatic heterocycles. The number of halogens is 2. The Morgan fingerprint density at radius 2 is 1.60 bits per heavy atom. The summed E-state index contributed by atoms with van der Waals surface area (Å²) in [5.41, 5.74) is 0. The van der Waals surface area contributed by atoms with Crippen LogP contribution in [0, 0.1) is 0 Å². The lowest BCUT2D eigenvalue weighted by Crippen LogP contribution is -1.67. The first-order valence-corrected chi connectivity index (χ1v) is 5.76. The summed E-state index contributed by atoms with van der Waals surface area (Å²) >= 11 is 0. The lowest BCUT2D eigenvalue weighted by atomic mass is 10.3. The van der Waals surface area contributed by atoms with E-state index in [0.29, 0.717) is 0 Å². The van der Waals surface area contributed by atoms with Crippen LogP contribution in [0.2, 0.25) is 0 Å². The summed E-state index contributed by atoms with van der Waals surface area (Å²) in [6.45, 7) is 0. The van der Waals surface area contributed by atoms with E-state index >= 15 is 0 Å². The number of phenols is 1. The van der Waals surface area contributed by atoms with E-state index in [9.17, 15) is 0 Å². The average molecular weight is 197 g/mol. The van der Waals surface area contributed by atoms with Gasteiger partial charge in [0.1, 0.15) is 5.75 Å². The van der Waals surface area contributed by atoms with E-state index in [2.05, 4.69) is 0 Å². The Bertz CT molecular complexity index is 209. The van der Waals surface area contributed by atoms with Crippen LogP contribution in [0.15, 0.2) is 29.2 Å². The fourth-order valence-corrected chi connectivity index (χ4v) is 1.62. The summed E-state index contributed by atoms with van der Waals surface area (Å²) in [5, 5.41) is 8.86. The molecule has 0 spiro atoms. The quantitative estimate of drug-likeness (QED) is 0.663. The number of rotatable bonds is 1. The van der Waals surface area contributed by atoms with Gasteiger partial charge in [-0.2, -0.15) is 0 Å². The van der Waals surface area contributed by atoms with Gasteiger partial charge in [-0.3, -0.25) is 0 Å². The molecule has 0 aliphatic rings. The van der Waals surface area contributed by atoms with Gasteiger partial charge < -0.3 is 5.11 Å². The van der Waals surface area contributed by atoms with Gasteiger partial charge in [-0.25, -0.2) is 0 Å². The van der Waals surface area contributed by atoms with Crippen molar-refractivity contribution in [3.63, 3.8) is 0 Å². The van der Waals surface area contributed by atoms with Crippen LogP contribution in [0.4, 0.5) is 0 Å². The molecule has 0 aromatic heterocycles. The maximum Gasteiger partial charge on any atom is 0.115 e. The van der Waals surface area contributed by atoms with Crippen molar-refractivity contribution < 1.29 is 5.11 Å². The fourth-order valence-electron chi connectivity index (χ4n) is 0.565. The third kappa shape index (κ3) is 1.97. The van der Waals surface area contributed by atoms with E-state index in [4.69, 9.17) is 26.5 Å². The van der Waals surface area contributed by atoms with Gasteiger partial charge in [0, 0.05) is 4.90 Å². The summed E-state index contributed by atoms with van der Waals surface area (Å²) in [6.07, 6.45) is 0. The molecule has 56 valence electrons. The van der Waals surface area contributed by atoms with E-state index in [1.165, 1.54) is 0 Å². The Balaban J connectivity index is 2.89. The van der Waals surface area contributed by atoms with Crippen LogP contribution < -0.4 is 0 Å². The summed E-state index contributed by atoms with van der Waals surface area (Å²) < 4.78 is 0. The highest BCUT2D eigenvalue weighted by atomic mass is 36.0. The Morgan fingerprint density at radius 3 is 2.00 bits per heavy atom. The molecule has 0 atom stereocenters. The van der Waals surface area contributed by atoms with Gasteiger partial charge in [-0.15, -0.1) is 0 Å². The topological polar surface area (TPSA) is 20.2 Å². The average Bonchev–Trinajstić information content (AvgIpc) is 1.88. The highest BCUT2D eigenvalue weighted by Crippen LogP contribution is 2.45. The minimum atomic E-state index is -1.07. The molecular weight excluding hydrogens is 191 g/mol. The van der Waals surface area contributed by atoms with Crippen LogP contribution in [0.5, 0.6) is 5.75 Å². The van der Waals surface area contributed by atoms with E-state index in [-0.39, 0.29) is 5.75 Å². The second-order valence-corrected chi connectivity index (χ2v) is 5.28. The van der Waals surface area contributed by atoms with Gasteiger partial charge >= 0.3 is 0 Å². The first-order valence-electron chi connectivity index (χ1n) is 2.61. The zero-order chi connectivity index (χ0) is 7.56. The lowest BCUT2D eigenvalue weighted by Gasteiger charge is -2.02. The molecule has 0 heterocycles. The molecule has 0 saturated heterocycles. The Hall–Kier alpha value is -0.0500. The number of benzene rings is 1. The van der Waals surface area contributed by atoms with Gasteiger partial charge in [0.2, 0.25) is 0 Å². The Labute approximate surface area is 70.9 Å². The number of thiol groups is 1. The number of hydrogen-bond donors (Lipinski definition) is 2. The van der Waals surface area contributed by atoms with E-state index < -0.39 is 9.32 Å². The maximum atomic E-state index is 8.86. The van der Waals surface area contributed by atoms with Crippen LogP contribution in [0.1, 0.15) is 0 Å². The largest absolute Gasteiger partial charge is 0.508 e. The molecule has 0 fully saturated rings. The van der Waals surface area contributed by atoms with Crippen molar-refractivity contribution in [3.05, 3.63) is 24.3 Å². The fraction of sp³-hybridized carbons (Fsp3) is 0. The molecule has 1 N–H and O–H groups in total. The molecule has 0 saturated carbocycles. The maximum absolute atomic E-state index is 8.86. The zero-order valence-corrected chi connectivity index (χ0v) is 7.37. The van der Waals surface area contributed by atoms with Crippen molar-refractivity contribution >= 4 is 30.7 Å². The highest BCUT2D eigenvalue weighted by Gasteiger charge is 1.96. The molecule has 10 heavy (non-hydrogen) atoms. The summed E-state index contributed by atoms with van der Waals surface area (Å²) in [6, 6.07) is 6.55. The summed E-state index contributed by atoms with van der Waals surface area (Å²) in [5.74, 6) is 0.230. The van der Waals surface area contributed by atoms with E-state index in [1.54, 1.807) is 24.3 Å². The third-order valence-corrected chi connectivity index (χ3v) is 2.90. The van der Waals surface area contributed by atoms with Crippen LogP contribution in [0.3, 0.4) is 0 Å². The SMILES string of the molecule is Oc1ccc([SH](Cl)Cl)cc1. The second-order valence-electron chi connectivity index (χ2n) is 1.75. The van der Waals surface area contributed by atoms with Crippen LogP contribution in [-0.2, 0) is 0 Å². The zero-order valence-electron chi connectivity index (χ0n) is 4.96. The molecular formula is C6H6Cl2OS. The first-order chi connectivity index (χ1) is 4.70. The van der Waals surface area contributed by atoms with E-state index in [0.717, 1.165) is 4.90 Å². The Morgan fingerprint density at radius 1 is 1.10 bits per heavy atom. The predicted octanol–water partition coefficient (Wildman–Crippen LogP) is 3.06. The van der Waals surface area contributed by atoms with Crippen molar-refractivity contribution in [3.8, 4) is 5.75 Å². The first kappa shape index (κ1) is 8.05. The number of aromatic hydroxyl groups is 1. The third-order valence-electron chi connectivity index (χ3n) is 1.04. The van der Waals surface area contributed by atoms with Gasteiger partial charge in [-0.05, 0) is 45.6 Å². The van der Waals surface area contributed by atoms with Crippen molar-refractivity contribution in [1.82, 2.24) is 0 Å². The molecule has 1 rings (SSSR count). The van der Waals surface area contributed by atoms with Crippen molar-refractivity contribution in [2.45, 2.75) is 4.90 Å². The van der Waals surface area contributed by atoms with Gasteiger partial charge in [0.15, 0.2) is 0 Å². The molecule has 1 nitrogen and oxygen atoms in total. The molecule has 0 amide bonds. The van der Waals surface area contributed by atoms with Gasteiger partial charge in [0.25, 0.3) is 0 Å². The van der Waals surface area contributed by atoms with Gasteiger partial charge in [-0.1, -0.05) is 9.32 Å². The standard InChI is InChI=1S/C6H6Cl2OS/c7-10(8)6-3-1-5(9)2-4-6/h1-4,9-10H. The highest BCUT2D eigenvalue weighted by molar-refractivity contribution is 8.52. The molecule has 0 aliphatic carbocycles. The molecule has 4 heteroatoms. The normalized spacial score (nSPS) is 11.2. The van der Waals surface area contributed by atoms with Crippen molar-refractivity contribution in [2.75, 3.05) is 0 Å². The Kier molecular flexibility index (Phi) is 2.72. The minimum Gasteiger partial charge on any atom is -0.508 e. The number of phenolic OH excluding ortho intramolecular Hbond substituents is 1. The van der Waals surface area contributed by atoms with Crippen molar-refractivity contribution in [1.29, 1.82) is 0 Å².